The molecule has 0 amide bonds. The molecule has 2 rings (SSSR count). The molecule has 100 valence electrons. The third kappa shape index (κ3) is 3.05. The zero-order chi connectivity index (χ0) is 14.0. The zero-order valence-electron chi connectivity index (χ0n) is 10.5. The summed E-state index contributed by atoms with van der Waals surface area (Å²) in [5, 5.41) is 12.2. The molecule has 0 radical (unpaired) electrons. The number of thiophene rings is 1. The number of hydrogen-bond donors (Lipinski definition) is 2. The summed E-state index contributed by atoms with van der Waals surface area (Å²) in [6, 6.07) is 3.48. The maximum absolute atomic E-state index is 11.0. The molecule has 0 saturated carbocycles. The van der Waals surface area contributed by atoms with Crippen LogP contribution in [0.2, 0.25) is 5.02 Å². The van der Waals surface area contributed by atoms with Crippen LogP contribution in [0.5, 0.6) is 0 Å². The average molecular weight is 297 g/mol. The highest BCUT2D eigenvalue weighted by Crippen LogP contribution is 2.26. The van der Waals surface area contributed by atoms with Gasteiger partial charge in [0.2, 0.25) is 0 Å². The van der Waals surface area contributed by atoms with Crippen LogP contribution < -0.4 is 5.32 Å². The molecule has 0 saturated heterocycles. The van der Waals surface area contributed by atoms with Crippen molar-refractivity contribution in [2.24, 2.45) is 0 Å². The Morgan fingerprint density at radius 1 is 1.53 bits per heavy atom. The summed E-state index contributed by atoms with van der Waals surface area (Å²) in [4.78, 5) is 17.5. The van der Waals surface area contributed by atoms with E-state index in [1.807, 2.05) is 0 Å². The van der Waals surface area contributed by atoms with Crippen molar-refractivity contribution < 1.29 is 9.90 Å². The van der Waals surface area contributed by atoms with Gasteiger partial charge in [-0.15, -0.1) is 11.3 Å². The third-order valence-corrected chi connectivity index (χ3v) is 4.30. The molecular weight excluding hydrogens is 284 g/mol. The summed E-state index contributed by atoms with van der Waals surface area (Å²) in [6.07, 6.45) is 1.43. The molecule has 2 aromatic rings. The minimum absolute atomic E-state index is 0.0534. The molecule has 2 N–H and O–H groups in total. The van der Waals surface area contributed by atoms with Crippen molar-refractivity contribution in [2.45, 2.75) is 20.4 Å². The molecule has 4 nitrogen and oxygen atoms in total. The van der Waals surface area contributed by atoms with Gasteiger partial charge in [0.25, 0.3) is 0 Å². The predicted octanol–water partition coefficient (Wildman–Crippen LogP) is 3.72. The Bertz CT molecular complexity index is 606. The predicted molar refractivity (Wildman–Crippen MR) is 77.3 cm³/mol. The van der Waals surface area contributed by atoms with Crippen LogP contribution in [-0.4, -0.2) is 16.1 Å². The molecule has 0 aliphatic heterocycles. The number of hydrogen-bond acceptors (Lipinski definition) is 4. The molecule has 6 heteroatoms. The number of carbonyl (C=O) groups is 1. The second kappa shape index (κ2) is 5.59. The largest absolute Gasteiger partial charge is 0.478 e. The fourth-order valence-electron chi connectivity index (χ4n) is 1.64. The quantitative estimate of drug-likeness (QED) is 0.902. The molecule has 0 aliphatic carbocycles. The van der Waals surface area contributed by atoms with Crippen LogP contribution in [0.25, 0.3) is 0 Å². The number of aromatic nitrogens is 1. The van der Waals surface area contributed by atoms with Gasteiger partial charge in [-0.3, -0.25) is 0 Å². The Kier molecular flexibility index (Phi) is 4.07. The van der Waals surface area contributed by atoms with Gasteiger partial charge >= 0.3 is 5.97 Å². The molecule has 0 fully saturated rings. The van der Waals surface area contributed by atoms with E-state index in [0.717, 1.165) is 4.88 Å². The first kappa shape index (κ1) is 13.8. The molecule has 0 aromatic carbocycles. The van der Waals surface area contributed by atoms with E-state index < -0.39 is 5.97 Å². The number of halogens is 1. The number of aryl methyl sites for hydroxylation is 2. The highest BCUT2D eigenvalue weighted by Gasteiger charge is 2.13. The lowest BCUT2D eigenvalue weighted by Crippen LogP contribution is -2.05. The lowest BCUT2D eigenvalue weighted by Gasteiger charge is -2.07. The fraction of sp³-hybridized carbons (Fsp3) is 0.231. The van der Waals surface area contributed by atoms with Gasteiger partial charge in [-0.2, -0.15) is 0 Å². The van der Waals surface area contributed by atoms with E-state index in [1.54, 1.807) is 11.3 Å². The van der Waals surface area contributed by atoms with Crippen molar-refractivity contribution in [3.8, 4) is 0 Å². The summed E-state index contributed by atoms with van der Waals surface area (Å²) in [7, 11) is 0. The number of anilines is 1. The average Bonchev–Trinajstić information content (AvgIpc) is 2.67. The summed E-state index contributed by atoms with van der Waals surface area (Å²) >= 11 is 7.70. The Balaban J connectivity index is 2.16. The maximum Gasteiger partial charge on any atom is 0.337 e. The van der Waals surface area contributed by atoms with Crippen molar-refractivity contribution in [1.82, 2.24) is 4.98 Å². The molecule has 2 aromatic heterocycles. The van der Waals surface area contributed by atoms with Gasteiger partial charge < -0.3 is 10.4 Å². The van der Waals surface area contributed by atoms with Gasteiger partial charge in [-0.25, -0.2) is 9.78 Å². The van der Waals surface area contributed by atoms with E-state index in [2.05, 4.69) is 30.2 Å². The van der Waals surface area contributed by atoms with E-state index in [1.165, 1.54) is 22.7 Å². The summed E-state index contributed by atoms with van der Waals surface area (Å²) in [5.74, 6) is -0.663. The first-order chi connectivity index (χ1) is 8.99. The maximum atomic E-state index is 11.0. The molecule has 0 atom stereocenters. The van der Waals surface area contributed by atoms with Gasteiger partial charge in [0.05, 0.1) is 17.1 Å². The van der Waals surface area contributed by atoms with Crippen molar-refractivity contribution in [3.05, 3.63) is 44.2 Å². The number of pyridine rings is 1. The van der Waals surface area contributed by atoms with E-state index >= 15 is 0 Å². The highest BCUT2D eigenvalue weighted by molar-refractivity contribution is 7.12. The summed E-state index contributed by atoms with van der Waals surface area (Å²) < 4.78 is 0. The van der Waals surface area contributed by atoms with Crippen molar-refractivity contribution in [3.63, 3.8) is 0 Å². The Morgan fingerprint density at radius 3 is 2.84 bits per heavy atom. The number of nitrogens with zero attached hydrogens (tertiary/aromatic N) is 1. The Hall–Kier alpha value is -1.59. The minimum atomic E-state index is -1.06. The van der Waals surface area contributed by atoms with Crippen LogP contribution in [-0.2, 0) is 6.54 Å². The monoisotopic (exact) mass is 296 g/mol. The first-order valence-electron chi connectivity index (χ1n) is 5.66. The van der Waals surface area contributed by atoms with Crippen LogP contribution >= 0.6 is 22.9 Å². The number of carboxylic acids is 1. The van der Waals surface area contributed by atoms with Crippen LogP contribution in [0.15, 0.2) is 18.3 Å². The molecule has 2 heterocycles. The van der Waals surface area contributed by atoms with Crippen molar-refractivity contribution >= 4 is 34.7 Å². The number of carboxylic acid groups (broad SMARTS) is 1. The Labute approximate surface area is 120 Å². The fourth-order valence-corrected chi connectivity index (χ4v) is 2.89. The van der Waals surface area contributed by atoms with Gasteiger partial charge in [0.15, 0.2) is 0 Å². The molecule has 0 aliphatic rings. The van der Waals surface area contributed by atoms with Gasteiger partial charge in [-0.05, 0) is 31.5 Å². The third-order valence-electron chi connectivity index (χ3n) is 2.77. The standard InChI is InChI=1S/C13H13ClN2O2S/c1-7-5-9(19-8(7)2)6-16-12-11(14)10(13(17)18)3-4-15-12/h3-5H,6H2,1-2H3,(H,15,16)(H,17,18). The highest BCUT2D eigenvalue weighted by atomic mass is 35.5. The second-order valence-electron chi connectivity index (χ2n) is 4.13. The minimum Gasteiger partial charge on any atom is -0.478 e. The smallest absolute Gasteiger partial charge is 0.337 e. The molecule has 0 unspecified atom stereocenters. The SMILES string of the molecule is Cc1cc(CNc2nccc(C(=O)O)c2Cl)sc1C. The van der Waals surface area contributed by atoms with Crippen molar-refractivity contribution in [2.75, 3.05) is 5.32 Å². The molecule has 0 bridgehead atoms. The van der Waals surface area contributed by atoms with Crippen molar-refractivity contribution in [1.29, 1.82) is 0 Å². The van der Waals surface area contributed by atoms with Crippen LogP contribution in [0.3, 0.4) is 0 Å². The van der Waals surface area contributed by atoms with Gasteiger partial charge in [0.1, 0.15) is 5.82 Å². The van der Waals surface area contributed by atoms with Crippen LogP contribution in [0, 0.1) is 13.8 Å². The number of rotatable bonds is 4. The van der Waals surface area contributed by atoms with Gasteiger partial charge in [0, 0.05) is 16.0 Å². The lowest BCUT2D eigenvalue weighted by atomic mass is 10.2. The van der Waals surface area contributed by atoms with Crippen LogP contribution in [0.1, 0.15) is 25.7 Å². The first-order valence-corrected chi connectivity index (χ1v) is 6.86. The van der Waals surface area contributed by atoms with E-state index in [4.69, 9.17) is 16.7 Å². The van der Waals surface area contributed by atoms with Crippen LogP contribution in [0.4, 0.5) is 5.82 Å². The normalized spacial score (nSPS) is 10.5. The molecular formula is C13H13ClN2O2S. The number of aromatic carboxylic acids is 1. The Morgan fingerprint density at radius 2 is 2.26 bits per heavy atom. The van der Waals surface area contributed by atoms with E-state index in [9.17, 15) is 4.79 Å². The summed E-state index contributed by atoms with van der Waals surface area (Å²) in [6.45, 7) is 4.71. The summed E-state index contributed by atoms with van der Waals surface area (Å²) in [5.41, 5.74) is 1.30. The van der Waals surface area contributed by atoms with Gasteiger partial charge in [-0.1, -0.05) is 11.6 Å². The second-order valence-corrected chi connectivity index (χ2v) is 5.85. The molecule has 0 spiro atoms. The lowest BCUT2D eigenvalue weighted by molar-refractivity contribution is 0.0697. The number of nitrogens with one attached hydrogen (secondary N) is 1. The topological polar surface area (TPSA) is 62.2 Å². The molecule has 19 heavy (non-hydrogen) atoms. The van der Waals surface area contributed by atoms with E-state index in [-0.39, 0.29) is 10.6 Å². The van der Waals surface area contributed by atoms with E-state index in [0.29, 0.717) is 12.4 Å². The zero-order valence-corrected chi connectivity index (χ0v) is 12.1.